The molecule has 1 aliphatic heterocycles. The fraction of sp³-hybridized carbons (Fsp3) is 0.526. The second kappa shape index (κ2) is 7.25. The molecule has 0 N–H and O–H groups in total. The third-order valence-corrected chi connectivity index (χ3v) is 4.65. The molecule has 0 radical (unpaired) electrons. The van der Waals surface area contributed by atoms with Gasteiger partial charge in [-0.3, -0.25) is 14.4 Å². The maximum absolute atomic E-state index is 12.9. The lowest BCUT2D eigenvalue weighted by Gasteiger charge is -2.30. The number of ether oxygens (including phenoxy) is 3. The Labute approximate surface area is 147 Å². The SMILES string of the molecule is CCOC(=O)[C@H]1C(=O)OC(C)(C)[C@H]1[C@H](C)C(=O)c1ccc(OC)cc1. The highest BCUT2D eigenvalue weighted by Gasteiger charge is 2.57. The summed E-state index contributed by atoms with van der Waals surface area (Å²) in [6.45, 7) is 6.98. The molecule has 0 bridgehead atoms. The van der Waals surface area contributed by atoms with Crippen LogP contribution >= 0.6 is 0 Å². The van der Waals surface area contributed by atoms with Crippen molar-refractivity contribution in [2.24, 2.45) is 17.8 Å². The largest absolute Gasteiger partial charge is 0.497 e. The first-order valence-corrected chi connectivity index (χ1v) is 8.30. The maximum Gasteiger partial charge on any atom is 0.321 e. The van der Waals surface area contributed by atoms with Crippen molar-refractivity contribution in [2.45, 2.75) is 33.3 Å². The predicted molar refractivity (Wildman–Crippen MR) is 90.3 cm³/mol. The molecule has 2 rings (SSSR count). The van der Waals surface area contributed by atoms with E-state index in [0.29, 0.717) is 11.3 Å². The average Bonchev–Trinajstić information content (AvgIpc) is 2.82. The number of benzene rings is 1. The van der Waals surface area contributed by atoms with Gasteiger partial charge in [0.2, 0.25) is 0 Å². The summed E-state index contributed by atoms with van der Waals surface area (Å²) in [5.41, 5.74) is -0.443. The standard InChI is InChI=1S/C19H24O6/c1-6-24-17(21)14-15(19(3,4)25-18(14)22)11(2)16(20)12-7-9-13(23-5)10-8-12/h7-11,14-15H,6H2,1-5H3/t11-,14-,15-/m0/s1. The molecule has 0 saturated carbocycles. The lowest BCUT2D eigenvalue weighted by atomic mass is 9.72. The van der Waals surface area contributed by atoms with Crippen LogP contribution < -0.4 is 4.74 Å². The number of rotatable bonds is 6. The van der Waals surface area contributed by atoms with Crippen LogP contribution in [-0.4, -0.2) is 37.0 Å². The average molecular weight is 348 g/mol. The molecular formula is C19H24O6. The highest BCUT2D eigenvalue weighted by molar-refractivity contribution is 6.01. The molecule has 0 aromatic heterocycles. The molecule has 0 spiro atoms. The van der Waals surface area contributed by atoms with E-state index in [9.17, 15) is 14.4 Å². The molecule has 3 atom stereocenters. The zero-order valence-corrected chi connectivity index (χ0v) is 15.2. The van der Waals surface area contributed by atoms with Crippen LogP contribution in [-0.2, 0) is 19.1 Å². The Morgan fingerprint density at radius 2 is 1.84 bits per heavy atom. The van der Waals surface area contributed by atoms with Gasteiger partial charge >= 0.3 is 11.9 Å². The Balaban J connectivity index is 2.31. The van der Waals surface area contributed by atoms with E-state index in [1.165, 1.54) is 0 Å². The number of carbonyl (C=O) groups excluding carboxylic acids is 3. The second-order valence-electron chi connectivity index (χ2n) is 6.66. The summed E-state index contributed by atoms with van der Waals surface area (Å²) in [7, 11) is 1.55. The van der Waals surface area contributed by atoms with Crippen molar-refractivity contribution in [1.82, 2.24) is 0 Å². The molecule has 0 unspecified atom stereocenters. The van der Waals surface area contributed by atoms with E-state index in [2.05, 4.69) is 0 Å². The maximum atomic E-state index is 12.9. The molecule has 25 heavy (non-hydrogen) atoms. The molecule has 6 nitrogen and oxygen atoms in total. The van der Waals surface area contributed by atoms with Gasteiger partial charge in [-0.1, -0.05) is 6.92 Å². The van der Waals surface area contributed by atoms with Gasteiger partial charge in [-0.2, -0.15) is 0 Å². The number of esters is 2. The van der Waals surface area contributed by atoms with Crippen LogP contribution in [0.4, 0.5) is 0 Å². The quantitative estimate of drug-likeness (QED) is 0.447. The predicted octanol–water partition coefficient (Wildman–Crippen LogP) is 2.64. The highest BCUT2D eigenvalue weighted by Crippen LogP contribution is 2.43. The van der Waals surface area contributed by atoms with Crippen LogP contribution in [0.1, 0.15) is 38.1 Å². The molecule has 136 valence electrons. The zero-order valence-electron chi connectivity index (χ0n) is 15.2. The summed E-state index contributed by atoms with van der Waals surface area (Å²) in [6.07, 6.45) is 0. The van der Waals surface area contributed by atoms with Gasteiger partial charge in [-0.25, -0.2) is 0 Å². The lowest BCUT2D eigenvalue weighted by molar-refractivity contribution is -0.157. The monoisotopic (exact) mass is 348 g/mol. The molecule has 0 amide bonds. The zero-order chi connectivity index (χ0) is 18.8. The van der Waals surface area contributed by atoms with E-state index in [0.717, 1.165) is 0 Å². The summed E-state index contributed by atoms with van der Waals surface area (Å²) in [6, 6.07) is 6.73. The summed E-state index contributed by atoms with van der Waals surface area (Å²) in [5, 5.41) is 0. The van der Waals surface area contributed by atoms with Crippen LogP contribution in [0.3, 0.4) is 0 Å². The van der Waals surface area contributed by atoms with Gasteiger partial charge in [-0.05, 0) is 45.0 Å². The number of hydrogen-bond donors (Lipinski definition) is 0. The van der Waals surface area contributed by atoms with Gasteiger partial charge in [0.15, 0.2) is 11.7 Å². The first-order chi connectivity index (χ1) is 11.7. The van der Waals surface area contributed by atoms with Crippen molar-refractivity contribution in [1.29, 1.82) is 0 Å². The van der Waals surface area contributed by atoms with Gasteiger partial charge < -0.3 is 14.2 Å². The van der Waals surface area contributed by atoms with Crippen LogP contribution in [0.5, 0.6) is 5.75 Å². The molecule has 6 heteroatoms. The Bertz CT molecular complexity index is 661. The smallest absolute Gasteiger partial charge is 0.321 e. The Kier molecular flexibility index (Phi) is 5.50. The van der Waals surface area contributed by atoms with E-state index in [4.69, 9.17) is 14.2 Å². The van der Waals surface area contributed by atoms with E-state index >= 15 is 0 Å². The van der Waals surface area contributed by atoms with Gasteiger partial charge in [0.1, 0.15) is 11.4 Å². The van der Waals surface area contributed by atoms with Crippen molar-refractivity contribution >= 4 is 17.7 Å². The number of methoxy groups -OCH3 is 1. The minimum atomic E-state index is -1.09. The fourth-order valence-electron chi connectivity index (χ4n) is 3.49. The first kappa shape index (κ1) is 19.0. The number of hydrogen-bond acceptors (Lipinski definition) is 6. The Hall–Kier alpha value is -2.37. The first-order valence-electron chi connectivity index (χ1n) is 8.30. The van der Waals surface area contributed by atoms with Gasteiger partial charge in [0.05, 0.1) is 13.7 Å². The summed E-state index contributed by atoms with van der Waals surface area (Å²) in [4.78, 5) is 37.4. The van der Waals surface area contributed by atoms with Gasteiger partial charge in [0.25, 0.3) is 0 Å². The number of ketones is 1. The van der Waals surface area contributed by atoms with Crippen LogP contribution in [0.25, 0.3) is 0 Å². The number of cyclic esters (lactones) is 1. The highest BCUT2D eigenvalue weighted by atomic mass is 16.6. The van der Waals surface area contributed by atoms with Gasteiger partial charge in [0, 0.05) is 17.4 Å². The van der Waals surface area contributed by atoms with E-state index in [-0.39, 0.29) is 12.4 Å². The normalized spacial score (nSPS) is 22.8. The third-order valence-electron chi connectivity index (χ3n) is 4.65. The van der Waals surface area contributed by atoms with E-state index in [1.807, 2.05) is 0 Å². The molecule has 1 aliphatic rings. The van der Waals surface area contributed by atoms with Crippen LogP contribution in [0.2, 0.25) is 0 Å². The summed E-state index contributed by atoms with van der Waals surface area (Å²) < 4.78 is 15.5. The van der Waals surface area contributed by atoms with Gasteiger partial charge in [-0.15, -0.1) is 0 Å². The van der Waals surface area contributed by atoms with Crippen LogP contribution in [0.15, 0.2) is 24.3 Å². The number of Topliss-reactive ketones (excluding diaryl/α,β-unsaturated/α-hetero) is 1. The second-order valence-corrected chi connectivity index (χ2v) is 6.66. The molecule has 1 aromatic rings. The molecule has 1 heterocycles. The van der Waals surface area contributed by atoms with Crippen LogP contribution in [0, 0.1) is 17.8 Å². The minimum Gasteiger partial charge on any atom is -0.497 e. The molecular weight excluding hydrogens is 324 g/mol. The minimum absolute atomic E-state index is 0.159. The fourth-order valence-corrected chi connectivity index (χ4v) is 3.49. The van der Waals surface area contributed by atoms with Crippen molar-refractivity contribution in [2.75, 3.05) is 13.7 Å². The summed E-state index contributed by atoms with van der Waals surface area (Å²) >= 11 is 0. The third kappa shape index (κ3) is 3.67. The van der Waals surface area contributed by atoms with E-state index in [1.54, 1.807) is 59.1 Å². The molecule has 1 saturated heterocycles. The lowest BCUT2D eigenvalue weighted by Crippen LogP contribution is -2.41. The van der Waals surface area contributed by atoms with Crippen molar-refractivity contribution in [3.05, 3.63) is 29.8 Å². The van der Waals surface area contributed by atoms with E-state index < -0.39 is 35.3 Å². The Morgan fingerprint density at radius 3 is 2.36 bits per heavy atom. The molecule has 1 fully saturated rings. The summed E-state index contributed by atoms with van der Waals surface area (Å²) in [5.74, 6) is -3.08. The topological polar surface area (TPSA) is 78.9 Å². The number of carbonyl (C=O) groups is 3. The van der Waals surface area contributed by atoms with Crippen molar-refractivity contribution in [3.63, 3.8) is 0 Å². The van der Waals surface area contributed by atoms with Crippen molar-refractivity contribution < 1.29 is 28.6 Å². The Morgan fingerprint density at radius 1 is 1.24 bits per heavy atom. The molecule has 0 aliphatic carbocycles. The molecule has 1 aromatic carbocycles. The van der Waals surface area contributed by atoms with Crippen molar-refractivity contribution in [3.8, 4) is 5.75 Å².